The molecule has 1 aliphatic rings. The van der Waals surface area contributed by atoms with Gasteiger partial charge >= 0.3 is 6.18 Å². The Bertz CT molecular complexity index is 503. The van der Waals surface area contributed by atoms with Crippen LogP contribution in [0.5, 0.6) is 0 Å². The predicted molar refractivity (Wildman–Crippen MR) is 60.9 cm³/mol. The summed E-state index contributed by atoms with van der Waals surface area (Å²) in [7, 11) is 0. The maximum Gasteiger partial charge on any atom is 0.394 e. The van der Waals surface area contributed by atoms with Gasteiger partial charge in [-0.2, -0.15) is 13.2 Å². The number of nitrogens with zero attached hydrogens (tertiary/aromatic N) is 1. The largest absolute Gasteiger partial charge is 0.394 e. The monoisotopic (exact) mass is 316 g/mol. The molecule has 1 unspecified atom stereocenters. The van der Waals surface area contributed by atoms with E-state index < -0.39 is 54.1 Å². The average Bonchev–Trinajstić information content (AvgIpc) is 2.62. The van der Waals surface area contributed by atoms with Crippen LogP contribution in [0.1, 0.15) is 0 Å². The first-order chi connectivity index (χ1) is 9.71. The average molecular weight is 316 g/mol. The van der Waals surface area contributed by atoms with Crippen molar-refractivity contribution in [2.75, 3.05) is 31.1 Å². The van der Waals surface area contributed by atoms with Gasteiger partial charge in [-0.05, 0) is 0 Å². The van der Waals surface area contributed by atoms with Crippen molar-refractivity contribution in [2.24, 2.45) is 5.92 Å². The molecular formula is C12H11F7N2. The van der Waals surface area contributed by atoms with Gasteiger partial charge in [-0.25, -0.2) is 17.6 Å². The van der Waals surface area contributed by atoms with E-state index in [-0.39, 0.29) is 19.2 Å². The molecule has 2 rings (SSSR count). The SMILES string of the molecule is Fc1cc(F)c(F)c(N2CCNCC(C(F)(F)F)C2)c1F. The summed E-state index contributed by atoms with van der Waals surface area (Å²) < 4.78 is 91.9. The second-order valence-corrected chi connectivity index (χ2v) is 4.71. The summed E-state index contributed by atoms with van der Waals surface area (Å²) in [5.74, 6) is -8.59. The Balaban J connectivity index is 2.41. The molecular weight excluding hydrogens is 305 g/mol. The van der Waals surface area contributed by atoms with Crippen molar-refractivity contribution < 1.29 is 30.7 Å². The first-order valence-electron chi connectivity index (χ1n) is 6.07. The second kappa shape index (κ2) is 5.70. The molecule has 1 aromatic carbocycles. The van der Waals surface area contributed by atoms with Gasteiger partial charge in [0.15, 0.2) is 23.3 Å². The Labute approximate surface area is 115 Å². The van der Waals surface area contributed by atoms with E-state index in [9.17, 15) is 30.7 Å². The fourth-order valence-electron chi connectivity index (χ4n) is 2.17. The lowest BCUT2D eigenvalue weighted by Gasteiger charge is -2.27. The number of halogens is 7. The van der Waals surface area contributed by atoms with Crippen LogP contribution < -0.4 is 10.2 Å². The van der Waals surface area contributed by atoms with Crippen LogP contribution in [0, 0.1) is 29.2 Å². The molecule has 1 atom stereocenters. The Morgan fingerprint density at radius 1 is 1.05 bits per heavy atom. The van der Waals surface area contributed by atoms with Crippen molar-refractivity contribution in [3.05, 3.63) is 29.3 Å². The highest BCUT2D eigenvalue weighted by molar-refractivity contribution is 5.50. The molecule has 0 aromatic heterocycles. The zero-order valence-electron chi connectivity index (χ0n) is 10.6. The minimum atomic E-state index is -4.59. The number of alkyl halides is 3. The summed E-state index contributed by atoms with van der Waals surface area (Å²) in [6, 6.07) is 0.0193. The van der Waals surface area contributed by atoms with Crippen molar-refractivity contribution in [3.8, 4) is 0 Å². The lowest BCUT2D eigenvalue weighted by molar-refractivity contribution is -0.169. The smallest absolute Gasteiger partial charge is 0.365 e. The lowest BCUT2D eigenvalue weighted by atomic mass is 10.1. The summed E-state index contributed by atoms with van der Waals surface area (Å²) >= 11 is 0. The summed E-state index contributed by atoms with van der Waals surface area (Å²) in [6.45, 7) is -1.42. The zero-order chi connectivity index (χ0) is 15.8. The van der Waals surface area contributed by atoms with Crippen molar-refractivity contribution in [3.63, 3.8) is 0 Å². The number of nitrogens with one attached hydrogen (secondary N) is 1. The van der Waals surface area contributed by atoms with Crippen LogP contribution in [0.4, 0.5) is 36.4 Å². The minimum absolute atomic E-state index is 0.00356. The molecule has 0 saturated carbocycles. The highest BCUT2D eigenvalue weighted by Gasteiger charge is 2.42. The minimum Gasteiger partial charge on any atom is -0.365 e. The summed E-state index contributed by atoms with van der Waals surface area (Å²) in [6.07, 6.45) is -4.59. The fourth-order valence-corrected chi connectivity index (χ4v) is 2.17. The summed E-state index contributed by atoms with van der Waals surface area (Å²) in [5, 5.41) is 2.48. The molecule has 0 radical (unpaired) electrons. The normalized spacial score (nSPS) is 20.5. The van der Waals surface area contributed by atoms with Gasteiger partial charge in [0.25, 0.3) is 0 Å². The second-order valence-electron chi connectivity index (χ2n) is 4.71. The lowest BCUT2D eigenvalue weighted by Crippen LogP contribution is -2.39. The highest BCUT2D eigenvalue weighted by Crippen LogP contribution is 2.32. The highest BCUT2D eigenvalue weighted by atomic mass is 19.4. The van der Waals surface area contributed by atoms with Crippen LogP contribution in [0.3, 0.4) is 0 Å². The first-order valence-corrected chi connectivity index (χ1v) is 6.07. The van der Waals surface area contributed by atoms with E-state index in [1.807, 2.05) is 0 Å². The van der Waals surface area contributed by atoms with Gasteiger partial charge in [0.2, 0.25) is 0 Å². The standard InChI is InChI=1S/C12H11F7N2/c13-7-3-8(14)10(16)11(9(7)15)21-2-1-20-4-6(5-21)12(17,18)19/h3,6,20H,1-2,4-5H2. The van der Waals surface area contributed by atoms with Crippen LogP contribution in [0.2, 0.25) is 0 Å². The summed E-state index contributed by atoms with van der Waals surface area (Å²) in [5.41, 5.74) is -1.11. The zero-order valence-corrected chi connectivity index (χ0v) is 10.6. The first kappa shape index (κ1) is 15.9. The van der Waals surface area contributed by atoms with E-state index >= 15 is 0 Å². The molecule has 9 heteroatoms. The van der Waals surface area contributed by atoms with Gasteiger partial charge in [-0.1, -0.05) is 0 Å². The van der Waals surface area contributed by atoms with Crippen LogP contribution in [-0.4, -0.2) is 32.4 Å². The Morgan fingerprint density at radius 2 is 1.62 bits per heavy atom. The predicted octanol–water partition coefficient (Wildman–Crippen LogP) is 2.83. The molecule has 1 aliphatic heterocycles. The number of anilines is 1. The molecule has 21 heavy (non-hydrogen) atoms. The molecule has 1 fully saturated rings. The molecule has 118 valence electrons. The third-order valence-corrected chi connectivity index (χ3v) is 3.26. The Kier molecular flexibility index (Phi) is 4.31. The van der Waals surface area contributed by atoms with E-state index in [0.717, 1.165) is 0 Å². The van der Waals surface area contributed by atoms with Gasteiger partial charge in [-0.3, -0.25) is 0 Å². The molecule has 0 aliphatic carbocycles. The maximum absolute atomic E-state index is 13.7. The van der Waals surface area contributed by atoms with Crippen molar-refractivity contribution in [1.82, 2.24) is 5.32 Å². The van der Waals surface area contributed by atoms with Gasteiger partial charge in [0.05, 0.1) is 5.92 Å². The number of hydrogen-bond donors (Lipinski definition) is 1. The van der Waals surface area contributed by atoms with Crippen molar-refractivity contribution >= 4 is 5.69 Å². The van der Waals surface area contributed by atoms with Crippen LogP contribution in [-0.2, 0) is 0 Å². The van der Waals surface area contributed by atoms with E-state index in [4.69, 9.17) is 0 Å². The van der Waals surface area contributed by atoms with Crippen LogP contribution in [0.25, 0.3) is 0 Å². The molecule has 1 aromatic rings. The Hall–Kier alpha value is -1.51. The molecule has 1 N–H and O–H groups in total. The number of rotatable bonds is 1. The maximum atomic E-state index is 13.7. The Morgan fingerprint density at radius 3 is 2.14 bits per heavy atom. The molecule has 1 saturated heterocycles. The molecule has 2 nitrogen and oxygen atoms in total. The van der Waals surface area contributed by atoms with Crippen LogP contribution in [0.15, 0.2) is 6.07 Å². The van der Waals surface area contributed by atoms with E-state index in [1.54, 1.807) is 0 Å². The molecule has 0 bridgehead atoms. The summed E-state index contributed by atoms with van der Waals surface area (Å²) in [4.78, 5) is 0.676. The quantitative estimate of drug-likeness (QED) is 0.633. The molecule has 1 heterocycles. The van der Waals surface area contributed by atoms with Gasteiger partial charge < -0.3 is 10.2 Å². The third-order valence-electron chi connectivity index (χ3n) is 3.26. The van der Waals surface area contributed by atoms with E-state index in [2.05, 4.69) is 5.32 Å². The third kappa shape index (κ3) is 3.22. The molecule has 0 spiro atoms. The van der Waals surface area contributed by atoms with Gasteiger partial charge in [-0.15, -0.1) is 0 Å². The number of benzene rings is 1. The van der Waals surface area contributed by atoms with E-state index in [0.29, 0.717) is 4.90 Å². The van der Waals surface area contributed by atoms with E-state index in [1.165, 1.54) is 0 Å². The van der Waals surface area contributed by atoms with Gasteiger partial charge in [0, 0.05) is 32.2 Å². The number of hydrogen-bond acceptors (Lipinski definition) is 2. The van der Waals surface area contributed by atoms with Crippen LogP contribution >= 0.6 is 0 Å². The van der Waals surface area contributed by atoms with Crippen molar-refractivity contribution in [2.45, 2.75) is 6.18 Å². The van der Waals surface area contributed by atoms with Crippen molar-refractivity contribution in [1.29, 1.82) is 0 Å². The molecule has 0 amide bonds. The fraction of sp³-hybridized carbons (Fsp3) is 0.500. The topological polar surface area (TPSA) is 15.3 Å². The van der Waals surface area contributed by atoms with Gasteiger partial charge in [0.1, 0.15) is 5.69 Å².